The van der Waals surface area contributed by atoms with Crippen molar-refractivity contribution in [2.45, 2.75) is 17.9 Å². The molecule has 31 heavy (non-hydrogen) atoms. The Bertz CT molecular complexity index is 1020. The molecule has 2 aromatic rings. The maximum absolute atomic E-state index is 13.9. The zero-order valence-corrected chi connectivity index (χ0v) is 17.8. The molecule has 1 atom stereocenters. The predicted molar refractivity (Wildman–Crippen MR) is 110 cm³/mol. The minimum absolute atomic E-state index is 0.000306. The third kappa shape index (κ3) is 5.65. The van der Waals surface area contributed by atoms with Gasteiger partial charge >= 0.3 is 0 Å². The number of hydrogen-bond acceptors (Lipinski definition) is 6. The molecule has 10 heteroatoms. The normalized spacial score (nSPS) is 16.8. The Balaban J connectivity index is 1.52. The van der Waals surface area contributed by atoms with Gasteiger partial charge in [0, 0.05) is 38.3 Å². The highest BCUT2D eigenvalue weighted by Crippen LogP contribution is 2.23. The van der Waals surface area contributed by atoms with Crippen molar-refractivity contribution in [2.75, 3.05) is 39.3 Å². The number of β-amino-alcohol motifs (C(OH)–C–C–N with tert-alkyl or cyclic N) is 1. The summed E-state index contributed by atoms with van der Waals surface area (Å²) in [5.74, 6) is -1.86. The van der Waals surface area contributed by atoms with E-state index in [1.165, 1.54) is 6.92 Å². The predicted octanol–water partition coefficient (Wildman–Crippen LogP) is 1.91. The first-order chi connectivity index (χ1) is 14.7. The van der Waals surface area contributed by atoms with Crippen LogP contribution in [0.5, 0.6) is 5.75 Å². The maximum Gasteiger partial charge on any atom is 0.249 e. The van der Waals surface area contributed by atoms with Crippen molar-refractivity contribution in [2.24, 2.45) is 0 Å². The average molecular weight is 454 g/mol. The van der Waals surface area contributed by atoms with E-state index in [-0.39, 0.29) is 32.0 Å². The van der Waals surface area contributed by atoms with E-state index in [1.54, 1.807) is 24.3 Å². The summed E-state index contributed by atoms with van der Waals surface area (Å²) in [4.78, 5) is 12.3. The lowest BCUT2D eigenvalue weighted by Gasteiger charge is -2.34. The summed E-state index contributed by atoms with van der Waals surface area (Å²) >= 11 is 0. The number of carbonyl (C=O) groups excluding carboxylic acids is 1. The molecule has 0 aromatic heterocycles. The van der Waals surface area contributed by atoms with Crippen molar-refractivity contribution < 1.29 is 31.8 Å². The van der Waals surface area contributed by atoms with Crippen LogP contribution in [0.15, 0.2) is 47.4 Å². The van der Waals surface area contributed by atoms with Gasteiger partial charge in [-0.1, -0.05) is 18.2 Å². The van der Waals surface area contributed by atoms with Crippen molar-refractivity contribution in [3.63, 3.8) is 0 Å². The maximum atomic E-state index is 13.9. The second-order valence-corrected chi connectivity index (χ2v) is 9.18. The lowest BCUT2D eigenvalue weighted by molar-refractivity contribution is 0.0568. The lowest BCUT2D eigenvalue weighted by atomic mass is 10.1. The Labute approximate surface area is 179 Å². The van der Waals surface area contributed by atoms with Crippen LogP contribution in [0, 0.1) is 11.6 Å². The Morgan fingerprint density at radius 2 is 1.71 bits per heavy atom. The number of piperazine rings is 1. The molecule has 0 saturated carbocycles. The SMILES string of the molecule is CC(=O)c1cccc(OC[C@H](O)CN2CCN(S(=O)(=O)c3c(F)cccc3F)CC2)c1. The van der Waals surface area contributed by atoms with Gasteiger partial charge in [0.1, 0.15) is 30.1 Å². The second-order valence-electron chi connectivity index (χ2n) is 7.30. The number of Topliss-reactive ketones (excluding diaryl/α,β-unsaturated/α-hetero) is 1. The fourth-order valence-corrected chi connectivity index (χ4v) is 4.89. The molecule has 0 bridgehead atoms. The summed E-state index contributed by atoms with van der Waals surface area (Å²) in [6.07, 6.45) is -0.840. The van der Waals surface area contributed by atoms with Gasteiger partial charge in [-0.05, 0) is 31.2 Å². The van der Waals surface area contributed by atoms with E-state index < -0.39 is 32.7 Å². The monoisotopic (exact) mass is 454 g/mol. The summed E-state index contributed by atoms with van der Waals surface area (Å²) in [7, 11) is -4.29. The minimum atomic E-state index is -4.29. The van der Waals surface area contributed by atoms with Crippen molar-refractivity contribution in [3.05, 3.63) is 59.7 Å². The number of carbonyl (C=O) groups is 1. The van der Waals surface area contributed by atoms with Gasteiger partial charge in [-0.3, -0.25) is 9.69 Å². The summed E-state index contributed by atoms with van der Waals surface area (Å²) in [5.41, 5.74) is 0.510. The highest BCUT2D eigenvalue weighted by Gasteiger charge is 2.33. The van der Waals surface area contributed by atoms with Crippen molar-refractivity contribution >= 4 is 15.8 Å². The quantitative estimate of drug-likeness (QED) is 0.614. The summed E-state index contributed by atoms with van der Waals surface area (Å²) in [6.45, 7) is 2.38. The number of aliphatic hydroxyl groups excluding tert-OH is 1. The number of rotatable bonds is 8. The highest BCUT2D eigenvalue weighted by atomic mass is 32.2. The summed E-state index contributed by atoms with van der Waals surface area (Å²) < 4.78 is 59.7. The molecule has 0 unspecified atom stereocenters. The molecule has 0 aliphatic carbocycles. The van der Waals surface area contributed by atoms with Crippen molar-refractivity contribution in [1.82, 2.24) is 9.21 Å². The third-order valence-corrected chi connectivity index (χ3v) is 6.95. The van der Waals surface area contributed by atoms with Crippen LogP contribution in [-0.4, -0.2) is 73.9 Å². The Morgan fingerprint density at radius 3 is 2.32 bits per heavy atom. The van der Waals surface area contributed by atoms with Gasteiger partial charge in [0.05, 0.1) is 0 Å². The Hall–Kier alpha value is -2.40. The van der Waals surface area contributed by atoms with Crippen molar-refractivity contribution in [1.29, 1.82) is 0 Å². The Kier molecular flexibility index (Phi) is 7.37. The van der Waals surface area contributed by atoms with Gasteiger partial charge < -0.3 is 9.84 Å². The van der Waals surface area contributed by atoms with Crippen LogP contribution in [0.2, 0.25) is 0 Å². The fraction of sp³-hybridized carbons (Fsp3) is 0.381. The van der Waals surface area contributed by atoms with Crippen LogP contribution >= 0.6 is 0 Å². The van der Waals surface area contributed by atoms with Gasteiger partial charge in [0.25, 0.3) is 0 Å². The summed E-state index contributed by atoms with van der Waals surface area (Å²) in [6, 6.07) is 9.58. The molecule has 168 valence electrons. The molecule has 1 aliphatic heterocycles. The van der Waals surface area contributed by atoms with E-state index in [0.29, 0.717) is 24.4 Å². The van der Waals surface area contributed by atoms with E-state index in [1.807, 2.05) is 4.90 Å². The van der Waals surface area contributed by atoms with Crippen LogP contribution in [0.4, 0.5) is 8.78 Å². The second kappa shape index (κ2) is 9.82. The smallest absolute Gasteiger partial charge is 0.249 e. The lowest BCUT2D eigenvalue weighted by Crippen LogP contribution is -2.51. The molecule has 1 N–H and O–H groups in total. The molecule has 1 heterocycles. The highest BCUT2D eigenvalue weighted by molar-refractivity contribution is 7.89. The third-order valence-electron chi connectivity index (χ3n) is 5.00. The summed E-state index contributed by atoms with van der Waals surface area (Å²) in [5, 5.41) is 10.3. The van der Waals surface area contributed by atoms with Crippen LogP contribution in [0.25, 0.3) is 0 Å². The molecule has 1 saturated heterocycles. The first kappa shape index (κ1) is 23.3. The Morgan fingerprint density at radius 1 is 1.10 bits per heavy atom. The molecule has 3 rings (SSSR count). The van der Waals surface area contributed by atoms with Crippen LogP contribution in [-0.2, 0) is 10.0 Å². The van der Waals surface area contributed by atoms with Crippen LogP contribution < -0.4 is 4.74 Å². The van der Waals surface area contributed by atoms with Gasteiger partial charge in [-0.15, -0.1) is 0 Å². The molecule has 0 radical (unpaired) electrons. The molecule has 7 nitrogen and oxygen atoms in total. The number of aliphatic hydroxyl groups is 1. The number of ether oxygens (including phenoxy) is 1. The number of benzene rings is 2. The minimum Gasteiger partial charge on any atom is -0.491 e. The molecule has 1 fully saturated rings. The largest absolute Gasteiger partial charge is 0.491 e. The zero-order valence-electron chi connectivity index (χ0n) is 17.0. The number of nitrogens with zero attached hydrogens (tertiary/aromatic N) is 2. The first-order valence-corrected chi connectivity index (χ1v) is 11.2. The zero-order chi connectivity index (χ0) is 22.6. The van der Waals surface area contributed by atoms with E-state index in [2.05, 4.69) is 0 Å². The van der Waals surface area contributed by atoms with Gasteiger partial charge in [0.15, 0.2) is 10.7 Å². The van der Waals surface area contributed by atoms with E-state index >= 15 is 0 Å². The number of ketones is 1. The van der Waals surface area contributed by atoms with Crippen LogP contribution in [0.1, 0.15) is 17.3 Å². The fourth-order valence-electron chi connectivity index (χ4n) is 3.36. The molecule has 1 aliphatic rings. The van der Waals surface area contributed by atoms with E-state index in [9.17, 15) is 27.1 Å². The van der Waals surface area contributed by atoms with Crippen LogP contribution in [0.3, 0.4) is 0 Å². The molecule has 0 amide bonds. The molecule has 0 spiro atoms. The number of hydrogen-bond donors (Lipinski definition) is 1. The molecular weight excluding hydrogens is 430 g/mol. The topological polar surface area (TPSA) is 87.2 Å². The molecular formula is C21H24F2N2O5S. The van der Waals surface area contributed by atoms with Crippen molar-refractivity contribution in [3.8, 4) is 5.75 Å². The van der Waals surface area contributed by atoms with Gasteiger partial charge in [-0.25, -0.2) is 17.2 Å². The first-order valence-electron chi connectivity index (χ1n) is 9.77. The molecule has 2 aromatic carbocycles. The van der Waals surface area contributed by atoms with E-state index in [4.69, 9.17) is 4.74 Å². The van der Waals surface area contributed by atoms with E-state index in [0.717, 1.165) is 22.5 Å². The standard InChI is InChI=1S/C21H24F2N2O5S/c1-15(26)16-4-2-5-18(12-16)30-14-17(27)13-24-8-10-25(11-9-24)31(28,29)21-19(22)6-3-7-20(21)23/h2-7,12,17,27H,8-11,13-14H2,1H3/t17-/m1/s1. The number of sulfonamides is 1. The number of halogens is 2. The van der Waals surface area contributed by atoms with Gasteiger partial charge in [-0.2, -0.15) is 4.31 Å². The average Bonchev–Trinajstić information content (AvgIpc) is 2.72. The van der Waals surface area contributed by atoms with Gasteiger partial charge in [0.2, 0.25) is 10.0 Å².